The highest BCUT2D eigenvalue weighted by Gasteiger charge is 2.17. The Bertz CT molecular complexity index is 583. The van der Waals surface area contributed by atoms with E-state index in [-0.39, 0.29) is 6.04 Å². The van der Waals surface area contributed by atoms with Crippen LogP contribution in [0.4, 0.5) is 5.13 Å². The average molecular weight is 306 g/mol. The number of benzene rings is 1. The number of ether oxygens (including phenoxy) is 1. The van der Waals surface area contributed by atoms with E-state index in [1.165, 1.54) is 16.9 Å². The summed E-state index contributed by atoms with van der Waals surface area (Å²) in [4.78, 5) is 7.43. The molecule has 0 aliphatic rings. The van der Waals surface area contributed by atoms with Crippen LogP contribution in [0.25, 0.3) is 0 Å². The molecule has 1 N–H and O–H groups in total. The third-order valence-corrected chi connectivity index (χ3v) is 4.85. The van der Waals surface area contributed by atoms with Crippen molar-refractivity contribution < 1.29 is 9.84 Å². The fourth-order valence-electron chi connectivity index (χ4n) is 2.15. The van der Waals surface area contributed by atoms with Gasteiger partial charge in [-0.2, -0.15) is 0 Å². The first-order valence-corrected chi connectivity index (χ1v) is 7.83. The van der Waals surface area contributed by atoms with Crippen molar-refractivity contribution in [1.29, 1.82) is 0 Å². The monoisotopic (exact) mass is 306 g/mol. The Morgan fingerprint density at radius 3 is 2.67 bits per heavy atom. The van der Waals surface area contributed by atoms with Gasteiger partial charge in [-0.25, -0.2) is 4.98 Å². The largest absolute Gasteiger partial charge is 0.496 e. The second-order valence-corrected chi connectivity index (χ2v) is 6.24. The number of rotatable bonds is 6. The van der Waals surface area contributed by atoms with Gasteiger partial charge in [0.2, 0.25) is 0 Å². The zero-order valence-corrected chi connectivity index (χ0v) is 13.7. The minimum atomic E-state index is -0.464. The lowest BCUT2D eigenvalue weighted by atomic mass is 10.1. The van der Waals surface area contributed by atoms with Crippen LogP contribution in [0, 0.1) is 0 Å². The summed E-state index contributed by atoms with van der Waals surface area (Å²) in [6.07, 6.45) is 2.16. The van der Waals surface area contributed by atoms with E-state index < -0.39 is 6.10 Å². The second kappa shape index (κ2) is 6.91. The molecule has 0 aliphatic carbocycles. The summed E-state index contributed by atoms with van der Waals surface area (Å²) in [5.74, 6) is 0.918. The molecule has 0 radical (unpaired) electrons. The highest BCUT2D eigenvalue weighted by atomic mass is 32.1. The number of anilines is 1. The summed E-state index contributed by atoms with van der Waals surface area (Å²) in [7, 11) is 3.73. The molecule has 0 saturated heterocycles. The van der Waals surface area contributed by atoms with Gasteiger partial charge in [-0.3, -0.25) is 0 Å². The van der Waals surface area contributed by atoms with Crippen LogP contribution in [0.15, 0.2) is 30.5 Å². The van der Waals surface area contributed by atoms with Crippen LogP contribution in [0.1, 0.15) is 30.4 Å². The summed E-state index contributed by atoms with van der Waals surface area (Å²) in [6, 6.07) is 8.36. The minimum absolute atomic E-state index is 0.286. The van der Waals surface area contributed by atoms with Crippen molar-refractivity contribution in [3.05, 3.63) is 40.9 Å². The summed E-state index contributed by atoms with van der Waals surface area (Å²) in [5, 5.41) is 10.5. The van der Waals surface area contributed by atoms with E-state index in [2.05, 4.69) is 22.9 Å². The molecule has 0 bridgehead atoms. The predicted molar refractivity (Wildman–Crippen MR) is 87.3 cm³/mol. The van der Waals surface area contributed by atoms with Crippen molar-refractivity contribution in [2.75, 3.05) is 19.1 Å². The van der Waals surface area contributed by atoms with Crippen molar-refractivity contribution in [2.45, 2.75) is 32.4 Å². The van der Waals surface area contributed by atoms with Crippen molar-refractivity contribution in [1.82, 2.24) is 4.98 Å². The topological polar surface area (TPSA) is 45.6 Å². The summed E-state index contributed by atoms with van der Waals surface area (Å²) < 4.78 is 5.40. The van der Waals surface area contributed by atoms with Gasteiger partial charge in [0.15, 0.2) is 5.13 Å². The Morgan fingerprint density at radius 1 is 1.33 bits per heavy atom. The van der Waals surface area contributed by atoms with E-state index in [1.54, 1.807) is 20.2 Å². The van der Waals surface area contributed by atoms with Crippen LogP contribution < -0.4 is 9.64 Å². The second-order valence-electron chi connectivity index (χ2n) is 5.20. The van der Waals surface area contributed by atoms with Gasteiger partial charge in [0.05, 0.1) is 18.1 Å². The molecule has 0 fully saturated rings. The number of hydrogen-bond acceptors (Lipinski definition) is 5. The molecule has 0 amide bonds. The fourth-order valence-corrected chi connectivity index (χ4v) is 3.06. The smallest absolute Gasteiger partial charge is 0.185 e. The molecule has 114 valence electrons. The third-order valence-electron chi connectivity index (χ3n) is 3.59. The lowest BCUT2D eigenvalue weighted by molar-refractivity contribution is 0.203. The number of hydrogen-bond donors (Lipinski definition) is 1. The summed E-state index contributed by atoms with van der Waals surface area (Å²) in [5.41, 5.74) is 1.19. The molecule has 2 rings (SSSR count). The molecule has 21 heavy (non-hydrogen) atoms. The van der Waals surface area contributed by atoms with Crippen molar-refractivity contribution in [3.63, 3.8) is 0 Å². The lowest BCUT2D eigenvalue weighted by Crippen LogP contribution is -2.30. The Morgan fingerprint density at radius 2 is 2.05 bits per heavy atom. The first kappa shape index (κ1) is 15.8. The van der Waals surface area contributed by atoms with Gasteiger partial charge in [-0.1, -0.05) is 29.5 Å². The number of aromatic nitrogens is 1. The van der Waals surface area contributed by atoms with Gasteiger partial charge in [0, 0.05) is 19.3 Å². The zero-order valence-electron chi connectivity index (χ0n) is 12.9. The molecule has 1 aromatic carbocycles. The molecule has 0 aliphatic heterocycles. The SMILES string of the molecule is COc1ccccc1CC(C)N(C)c1ncc(C(C)O)s1. The first-order chi connectivity index (χ1) is 10.0. The number of para-hydroxylation sites is 1. The third kappa shape index (κ3) is 3.74. The molecule has 4 nitrogen and oxygen atoms in total. The van der Waals surface area contributed by atoms with Crippen LogP contribution in [0.2, 0.25) is 0 Å². The van der Waals surface area contributed by atoms with E-state index in [4.69, 9.17) is 4.74 Å². The van der Waals surface area contributed by atoms with Crippen molar-refractivity contribution >= 4 is 16.5 Å². The van der Waals surface area contributed by atoms with E-state index in [0.717, 1.165) is 22.2 Å². The maximum Gasteiger partial charge on any atom is 0.185 e. The Hall–Kier alpha value is -1.59. The molecule has 2 atom stereocenters. The quantitative estimate of drug-likeness (QED) is 0.889. The molecule has 5 heteroatoms. The van der Waals surface area contributed by atoms with Gasteiger partial charge in [-0.05, 0) is 31.9 Å². The molecule has 2 aromatic rings. The number of aliphatic hydroxyl groups is 1. The number of nitrogens with zero attached hydrogens (tertiary/aromatic N) is 2. The van der Waals surface area contributed by atoms with Crippen LogP contribution in [-0.2, 0) is 6.42 Å². The van der Waals surface area contributed by atoms with Crippen molar-refractivity contribution in [3.8, 4) is 5.75 Å². The van der Waals surface area contributed by atoms with E-state index >= 15 is 0 Å². The summed E-state index contributed by atoms with van der Waals surface area (Å²) in [6.45, 7) is 3.92. The lowest BCUT2D eigenvalue weighted by Gasteiger charge is -2.25. The Balaban J connectivity index is 2.09. The molecular weight excluding hydrogens is 284 g/mol. The number of aliphatic hydroxyl groups excluding tert-OH is 1. The van der Waals surface area contributed by atoms with Gasteiger partial charge in [0.25, 0.3) is 0 Å². The first-order valence-electron chi connectivity index (χ1n) is 7.01. The van der Waals surface area contributed by atoms with Gasteiger partial charge < -0.3 is 14.7 Å². The Labute approximate surface area is 130 Å². The minimum Gasteiger partial charge on any atom is -0.496 e. The maximum absolute atomic E-state index is 9.60. The molecule has 0 saturated carbocycles. The van der Waals surface area contributed by atoms with Gasteiger partial charge >= 0.3 is 0 Å². The van der Waals surface area contributed by atoms with Gasteiger partial charge in [-0.15, -0.1) is 0 Å². The zero-order chi connectivity index (χ0) is 15.4. The van der Waals surface area contributed by atoms with E-state index in [9.17, 15) is 5.11 Å². The molecule has 0 spiro atoms. The standard InChI is InChI=1S/C16H22N2O2S/c1-11(9-13-7-5-6-8-14(13)20-4)18(3)16-17-10-15(21-16)12(2)19/h5-8,10-12,19H,9H2,1-4H3. The van der Waals surface area contributed by atoms with Crippen LogP contribution >= 0.6 is 11.3 Å². The summed E-state index contributed by atoms with van der Waals surface area (Å²) >= 11 is 1.53. The molecule has 2 unspecified atom stereocenters. The fraction of sp³-hybridized carbons (Fsp3) is 0.438. The highest BCUT2D eigenvalue weighted by molar-refractivity contribution is 7.15. The van der Waals surface area contributed by atoms with Gasteiger partial charge in [0.1, 0.15) is 5.75 Å². The van der Waals surface area contributed by atoms with Crippen LogP contribution in [0.3, 0.4) is 0 Å². The Kier molecular flexibility index (Phi) is 5.20. The number of thiazole rings is 1. The van der Waals surface area contributed by atoms with Crippen LogP contribution in [-0.4, -0.2) is 30.3 Å². The predicted octanol–water partition coefficient (Wildman–Crippen LogP) is 3.27. The maximum atomic E-state index is 9.60. The van der Waals surface area contributed by atoms with E-state index in [0.29, 0.717) is 0 Å². The molecule has 1 heterocycles. The average Bonchev–Trinajstić information content (AvgIpc) is 2.97. The number of methoxy groups -OCH3 is 1. The normalized spacial score (nSPS) is 13.8. The van der Waals surface area contributed by atoms with E-state index in [1.807, 2.05) is 25.2 Å². The molecular formula is C16H22N2O2S. The van der Waals surface area contributed by atoms with Crippen LogP contribution in [0.5, 0.6) is 5.75 Å². The highest BCUT2D eigenvalue weighted by Crippen LogP contribution is 2.28. The van der Waals surface area contributed by atoms with Crippen molar-refractivity contribution in [2.24, 2.45) is 0 Å². The number of likely N-dealkylation sites (N-methyl/N-ethyl adjacent to an activating group) is 1. The molecule has 1 aromatic heterocycles.